The molecule has 0 spiro atoms. The van der Waals surface area contributed by atoms with Crippen molar-refractivity contribution in [1.82, 2.24) is 14.9 Å². The van der Waals surface area contributed by atoms with Gasteiger partial charge in [0, 0.05) is 5.56 Å². The number of nitrogens with zero attached hydrogens (tertiary/aromatic N) is 3. The van der Waals surface area contributed by atoms with E-state index in [2.05, 4.69) is 10.1 Å². The number of hydrogen-bond acceptors (Lipinski definition) is 5. The van der Waals surface area contributed by atoms with Crippen LogP contribution < -0.4 is 4.74 Å². The van der Waals surface area contributed by atoms with Gasteiger partial charge in [0.2, 0.25) is 5.82 Å². The number of carbonyl (C=O) groups is 1. The van der Waals surface area contributed by atoms with Gasteiger partial charge in [-0.05, 0) is 0 Å². The molecular weight excluding hydrogens is 226 g/mol. The lowest BCUT2D eigenvalue weighted by Crippen LogP contribution is -2.10. The number of rotatable bonds is 4. The van der Waals surface area contributed by atoms with Crippen LogP contribution in [0.25, 0.3) is 11.4 Å². The Morgan fingerprint density at radius 1 is 1.35 bits per heavy atom. The number of hydrogen-bond donors (Lipinski definition) is 2. The van der Waals surface area contributed by atoms with Crippen molar-refractivity contribution in [3.8, 4) is 17.4 Å². The Hall–Kier alpha value is -2.57. The molecule has 88 valence electrons. The first-order valence-electron chi connectivity index (χ1n) is 4.73. The monoisotopic (exact) mass is 235 g/mol. The molecule has 1 aromatic carbocycles. The van der Waals surface area contributed by atoms with Crippen LogP contribution in [0.5, 0.6) is 6.01 Å². The van der Waals surface area contributed by atoms with Gasteiger partial charge in [-0.1, -0.05) is 40.3 Å². The van der Waals surface area contributed by atoms with Crippen LogP contribution in [0, 0.1) is 0 Å². The molecule has 0 amide bonds. The Kier molecular flexibility index (Phi) is 2.91. The van der Waals surface area contributed by atoms with Crippen LogP contribution in [-0.4, -0.2) is 37.8 Å². The zero-order valence-electron chi connectivity index (χ0n) is 8.65. The quantitative estimate of drug-likeness (QED) is 0.755. The Balaban J connectivity index is 2.22. The van der Waals surface area contributed by atoms with E-state index in [1.165, 1.54) is 0 Å². The summed E-state index contributed by atoms with van der Waals surface area (Å²) in [6.07, 6.45) is 0. The first kappa shape index (κ1) is 10.9. The molecule has 0 fully saturated rings. The van der Waals surface area contributed by atoms with E-state index in [0.717, 1.165) is 0 Å². The number of carboxylic acid groups (broad SMARTS) is 1. The molecule has 2 N–H and O–H groups in total. The number of benzene rings is 1. The predicted octanol–water partition coefficient (Wildman–Crippen LogP) is 0.646. The summed E-state index contributed by atoms with van der Waals surface area (Å²) in [5.74, 6) is -0.952. The molecule has 1 heterocycles. The highest BCUT2D eigenvalue weighted by Crippen LogP contribution is 2.17. The Bertz CT molecular complexity index is 524. The highest BCUT2D eigenvalue weighted by atomic mass is 16.5. The van der Waals surface area contributed by atoms with Crippen molar-refractivity contribution in [2.45, 2.75) is 0 Å². The van der Waals surface area contributed by atoms with Gasteiger partial charge < -0.3 is 15.1 Å². The lowest BCUT2D eigenvalue weighted by Gasteiger charge is -1.95. The first-order chi connectivity index (χ1) is 8.16. The van der Waals surface area contributed by atoms with Crippen molar-refractivity contribution >= 4 is 5.97 Å². The van der Waals surface area contributed by atoms with Crippen LogP contribution in [0.2, 0.25) is 0 Å². The van der Waals surface area contributed by atoms with E-state index in [1.807, 2.05) is 6.07 Å². The second-order valence-electron chi connectivity index (χ2n) is 3.16. The van der Waals surface area contributed by atoms with Crippen LogP contribution in [0.4, 0.5) is 0 Å². The zero-order valence-corrected chi connectivity index (χ0v) is 8.65. The fourth-order valence-corrected chi connectivity index (χ4v) is 1.24. The smallest absolute Gasteiger partial charge is 0.341 e. The maximum Gasteiger partial charge on any atom is 0.341 e. The largest absolute Gasteiger partial charge is 0.479 e. The van der Waals surface area contributed by atoms with E-state index < -0.39 is 12.6 Å². The minimum atomic E-state index is -1.14. The normalized spacial score (nSPS) is 10.1. The van der Waals surface area contributed by atoms with Crippen LogP contribution in [0.15, 0.2) is 30.3 Å². The van der Waals surface area contributed by atoms with Gasteiger partial charge in [-0.25, -0.2) is 4.79 Å². The molecule has 0 aliphatic rings. The molecule has 17 heavy (non-hydrogen) atoms. The summed E-state index contributed by atoms with van der Waals surface area (Å²) < 4.78 is 4.75. The standard InChI is InChI=1S/C10H9N3O4/c14-8(15)6-17-10-11-9(13(16)12-10)7-4-2-1-3-5-7/h1-5,16H,6H2,(H,14,15). The van der Waals surface area contributed by atoms with Gasteiger partial charge in [-0.15, -0.1) is 0 Å². The number of carboxylic acids is 1. The third kappa shape index (κ3) is 2.51. The van der Waals surface area contributed by atoms with Crippen LogP contribution in [0.3, 0.4) is 0 Å². The minimum absolute atomic E-state index is 0.186. The van der Waals surface area contributed by atoms with Crippen molar-refractivity contribution in [2.24, 2.45) is 0 Å². The molecule has 0 radical (unpaired) electrons. The topological polar surface area (TPSA) is 97.5 Å². The average molecular weight is 235 g/mol. The predicted molar refractivity (Wildman–Crippen MR) is 55.8 cm³/mol. The molecule has 2 rings (SSSR count). The number of ether oxygens (including phenoxy) is 1. The summed E-state index contributed by atoms with van der Waals surface area (Å²) in [6, 6.07) is 8.66. The van der Waals surface area contributed by atoms with Crippen molar-refractivity contribution in [3.63, 3.8) is 0 Å². The average Bonchev–Trinajstić information content (AvgIpc) is 2.69. The lowest BCUT2D eigenvalue weighted by atomic mass is 10.2. The molecule has 0 saturated carbocycles. The van der Waals surface area contributed by atoms with Gasteiger partial charge >= 0.3 is 12.0 Å². The van der Waals surface area contributed by atoms with E-state index in [-0.39, 0.29) is 11.8 Å². The molecule has 1 aromatic heterocycles. The second-order valence-corrected chi connectivity index (χ2v) is 3.16. The van der Waals surface area contributed by atoms with E-state index in [4.69, 9.17) is 9.84 Å². The fourth-order valence-electron chi connectivity index (χ4n) is 1.24. The number of aliphatic carboxylic acids is 1. The van der Waals surface area contributed by atoms with Crippen LogP contribution >= 0.6 is 0 Å². The maximum atomic E-state index is 10.3. The summed E-state index contributed by atoms with van der Waals surface area (Å²) in [6.45, 7) is -0.557. The highest BCUT2D eigenvalue weighted by molar-refractivity contribution is 5.68. The molecule has 7 heteroatoms. The third-order valence-corrected chi connectivity index (χ3v) is 1.93. The molecule has 0 unspecified atom stereocenters. The maximum absolute atomic E-state index is 10.3. The van der Waals surface area contributed by atoms with Crippen LogP contribution in [0.1, 0.15) is 0 Å². The molecule has 7 nitrogen and oxygen atoms in total. The first-order valence-corrected chi connectivity index (χ1v) is 4.73. The Labute approximate surface area is 95.9 Å². The van der Waals surface area contributed by atoms with E-state index in [9.17, 15) is 10.0 Å². The summed E-state index contributed by atoms with van der Waals surface area (Å²) in [4.78, 5) is 14.7. The molecule has 0 aliphatic heterocycles. The SMILES string of the molecule is O=C(O)COc1nc(-c2ccccc2)n(O)n1. The summed E-state index contributed by atoms with van der Waals surface area (Å²) in [7, 11) is 0. The van der Waals surface area contributed by atoms with Crippen molar-refractivity contribution in [3.05, 3.63) is 30.3 Å². The molecule has 2 aromatic rings. The van der Waals surface area contributed by atoms with Crippen molar-refractivity contribution in [1.29, 1.82) is 0 Å². The summed E-state index contributed by atoms with van der Waals surface area (Å²) in [5, 5.41) is 21.4. The molecule has 0 aliphatic carbocycles. The van der Waals surface area contributed by atoms with E-state index in [1.54, 1.807) is 24.3 Å². The summed E-state index contributed by atoms with van der Waals surface area (Å²) in [5.41, 5.74) is 0.646. The Morgan fingerprint density at radius 2 is 2.06 bits per heavy atom. The van der Waals surface area contributed by atoms with Gasteiger partial charge in [0.1, 0.15) is 0 Å². The van der Waals surface area contributed by atoms with Gasteiger partial charge in [-0.3, -0.25) is 0 Å². The van der Waals surface area contributed by atoms with E-state index in [0.29, 0.717) is 10.4 Å². The van der Waals surface area contributed by atoms with Gasteiger partial charge in [0.05, 0.1) is 0 Å². The highest BCUT2D eigenvalue weighted by Gasteiger charge is 2.12. The Morgan fingerprint density at radius 3 is 2.71 bits per heavy atom. The minimum Gasteiger partial charge on any atom is -0.479 e. The molecule has 0 atom stereocenters. The number of aromatic nitrogens is 3. The van der Waals surface area contributed by atoms with Gasteiger partial charge in [0.15, 0.2) is 6.61 Å². The fraction of sp³-hybridized carbons (Fsp3) is 0.100. The molecule has 0 bridgehead atoms. The molecule has 0 saturated heterocycles. The van der Waals surface area contributed by atoms with Crippen molar-refractivity contribution < 1.29 is 19.8 Å². The third-order valence-electron chi connectivity index (χ3n) is 1.93. The molecular formula is C10H9N3O4. The summed E-state index contributed by atoms with van der Waals surface area (Å²) >= 11 is 0. The van der Waals surface area contributed by atoms with Gasteiger partial charge in [-0.2, -0.15) is 4.98 Å². The van der Waals surface area contributed by atoms with Crippen LogP contribution in [-0.2, 0) is 4.79 Å². The van der Waals surface area contributed by atoms with E-state index >= 15 is 0 Å². The van der Waals surface area contributed by atoms with Gasteiger partial charge in [0.25, 0.3) is 0 Å². The van der Waals surface area contributed by atoms with Crippen molar-refractivity contribution in [2.75, 3.05) is 6.61 Å². The zero-order chi connectivity index (χ0) is 12.3. The lowest BCUT2D eigenvalue weighted by molar-refractivity contribution is -0.139. The second kappa shape index (κ2) is 4.52.